The van der Waals surface area contributed by atoms with Crippen LogP contribution in [0.4, 0.5) is 5.69 Å². The van der Waals surface area contributed by atoms with Crippen molar-refractivity contribution in [3.63, 3.8) is 0 Å². The number of hydrogen-bond donors (Lipinski definition) is 1. The van der Waals surface area contributed by atoms with Gasteiger partial charge in [-0.3, -0.25) is 9.59 Å². The Kier molecular flexibility index (Phi) is 4.94. The normalized spacial score (nSPS) is 12.5. The molecule has 0 saturated carbocycles. The lowest BCUT2D eigenvalue weighted by molar-refractivity contribution is -0.117. The van der Waals surface area contributed by atoms with Crippen LogP contribution in [-0.4, -0.2) is 34.1 Å². The highest BCUT2D eigenvalue weighted by Gasteiger charge is 2.19. The van der Waals surface area contributed by atoms with Crippen LogP contribution < -0.4 is 20.3 Å². The molecule has 10 heteroatoms. The minimum absolute atomic E-state index is 0.295. The Morgan fingerprint density at radius 3 is 2.69 bits per heavy atom. The zero-order valence-electron chi connectivity index (χ0n) is 17.0. The van der Waals surface area contributed by atoms with Gasteiger partial charge in [-0.2, -0.15) is 5.10 Å². The van der Waals surface area contributed by atoms with Crippen molar-refractivity contribution in [1.29, 1.82) is 0 Å². The van der Waals surface area contributed by atoms with E-state index >= 15 is 0 Å². The maximum absolute atomic E-state index is 12.7. The van der Waals surface area contributed by atoms with Gasteiger partial charge in [0.25, 0.3) is 5.56 Å². The molecule has 1 N–H and O–H groups in total. The zero-order chi connectivity index (χ0) is 22.1. The molecule has 0 atom stereocenters. The van der Waals surface area contributed by atoms with Crippen molar-refractivity contribution in [3.8, 4) is 34.3 Å². The summed E-state index contributed by atoms with van der Waals surface area (Å²) in [7, 11) is 0. The van der Waals surface area contributed by atoms with E-state index in [1.165, 1.54) is 12.3 Å². The zero-order valence-corrected chi connectivity index (χ0v) is 17.0. The molecule has 0 radical (unpaired) electrons. The highest BCUT2D eigenvalue weighted by Crippen LogP contribution is 2.33. The van der Waals surface area contributed by atoms with Gasteiger partial charge in [-0.25, -0.2) is 4.68 Å². The summed E-state index contributed by atoms with van der Waals surface area (Å²) in [6.45, 7) is 2.40. The Morgan fingerprint density at radius 1 is 1.09 bits per heavy atom. The molecule has 1 aromatic carbocycles. The number of nitrogens with one attached hydrogen (secondary N) is 1. The molecule has 162 valence electrons. The standard InChI is InChI=1S/C22H18N4O6/c1-13-9-18(32-25-13)15-11-21(28)26(24-22(15)17-3-2-6-29-17)12-20(27)23-14-4-5-16-19(10-14)31-8-7-30-16/h2-6,9-11H,7-8,12H2,1H3,(H,23,27). The first-order chi connectivity index (χ1) is 15.6. The number of nitrogens with zero attached hydrogens (tertiary/aromatic N) is 3. The Hall–Kier alpha value is -4.34. The molecular weight excluding hydrogens is 416 g/mol. The highest BCUT2D eigenvalue weighted by atomic mass is 16.6. The van der Waals surface area contributed by atoms with Crippen molar-refractivity contribution in [2.24, 2.45) is 0 Å². The molecule has 0 spiro atoms. The average molecular weight is 434 g/mol. The molecule has 4 aromatic rings. The Labute approximate surface area is 181 Å². The predicted octanol–water partition coefficient (Wildman–Crippen LogP) is 2.88. The van der Waals surface area contributed by atoms with Crippen LogP contribution in [0, 0.1) is 6.92 Å². The van der Waals surface area contributed by atoms with Gasteiger partial charge >= 0.3 is 0 Å². The van der Waals surface area contributed by atoms with Crippen LogP contribution in [0.1, 0.15) is 5.69 Å². The predicted molar refractivity (Wildman–Crippen MR) is 112 cm³/mol. The Bertz CT molecular complexity index is 1340. The SMILES string of the molecule is Cc1cc(-c2cc(=O)n(CC(=O)Nc3ccc4c(c3)OCCO4)nc2-c2ccco2)on1. The fourth-order valence-electron chi connectivity index (χ4n) is 3.33. The maximum atomic E-state index is 12.7. The molecule has 1 aliphatic rings. The van der Waals surface area contributed by atoms with Gasteiger partial charge in [-0.1, -0.05) is 5.16 Å². The monoisotopic (exact) mass is 434 g/mol. The van der Waals surface area contributed by atoms with E-state index in [9.17, 15) is 9.59 Å². The number of hydrogen-bond acceptors (Lipinski definition) is 8. The summed E-state index contributed by atoms with van der Waals surface area (Å²) in [5.74, 6) is 1.55. The summed E-state index contributed by atoms with van der Waals surface area (Å²) >= 11 is 0. The molecule has 10 nitrogen and oxygen atoms in total. The fourth-order valence-corrected chi connectivity index (χ4v) is 3.33. The largest absolute Gasteiger partial charge is 0.486 e. The lowest BCUT2D eigenvalue weighted by Crippen LogP contribution is -2.30. The molecule has 1 amide bonds. The van der Waals surface area contributed by atoms with Gasteiger partial charge in [0, 0.05) is 23.9 Å². The third kappa shape index (κ3) is 3.85. The molecule has 0 saturated heterocycles. The molecule has 0 aliphatic carbocycles. The van der Waals surface area contributed by atoms with Crippen LogP contribution in [0.15, 0.2) is 62.5 Å². The van der Waals surface area contributed by atoms with E-state index in [0.717, 1.165) is 4.68 Å². The van der Waals surface area contributed by atoms with Crippen molar-refractivity contribution >= 4 is 11.6 Å². The van der Waals surface area contributed by atoms with Crippen LogP contribution in [0.25, 0.3) is 22.8 Å². The molecule has 0 fully saturated rings. The number of carbonyl (C=O) groups is 1. The lowest BCUT2D eigenvalue weighted by atomic mass is 10.1. The summed E-state index contributed by atoms with van der Waals surface area (Å²) in [4.78, 5) is 25.3. The van der Waals surface area contributed by atoms with E-state index in [1.54, 1.807) is 43.3 Å². The summed E-state index contributed by atoms with van der Waals surface area (Å²) in [6, 6.07) is 11.6. The number of fused-ring (bicyclic) bond motifs is 1. The average Bonchev–Trinajstić information content (AvgIpc) is 3.47. The number of carbonyl (C=O) groups excluding carboxylic acids is 1. The minimum Gasteiger partial charge on any atom is -0.486 e. The van der Waals surface area contributed by atoms with Crippen LogP contribution in [-0.2, 0) is 11.3 Å². The molecule has 32 heavy (non-hydrogen) atoms. The van der Waals surface area contributed by atoms with E-state index in [1.807, 2.05) is 0 Å². The number of rotatable bonds is 5. The van der Waals surface area contributed by atoms with Gasteiger partial charge in [-0.15, -0.1) is 0 Å². The topological polar surface area (TPSA) is 122 Å². The number of aromatic nitrogens is 3. The van der Waals surface area contributed by atoms with Crippen molar-refractivity contribution in [2.75, 3.05) is 18.5 Å². The molecule has 0 unspecified atom stereocenters. The number of benzene rings is 1. The molecule has 3 aromatic heterocycles. The van der Waals surface area contributed by atoms with Crippen LogP contribution in [0.5, 0.6) is 11.5 Å². The van der Waals surface area contributed by atoms with E-state index in [-0.39, 0.29) is 6.54 Å². The van der Waals surface area contributed by atoms with Gasteiger partial charge in [0.05, 0.1) is 17.5 Å². The number of ether oxygens (including phenoxy) is 2. The second kappa shape index (κ2) is 8.06. The highest BCUT2D eigenvalue weighted by molar-refractivity contribution is 5.91. The van der Waals surface area contributed by atoms with Crippen molar-refractivity contribution in [2.45, 2.75) is 13.5 Å². The second-order valence-corrected chi connectivity index (χ2v) is 7.12. The van der Waals surface area contributed by atoms with Crippen LogP contribution >= 0.6 is 0 Å². The van der Waals surface area contributed by atoms with Crippen molar-refractivity contribution in [3.05, 3.63) is 64.8 Å². The van der Waals surface area contributed by atoms with Crippen LogP contribution in [0.3, 0.4) is 0 Å². The Morgan fingerprint density at radius 2 is 1.94 bits per heavy atom. The van der Waals surface area contributed by atoms with E-state index in [2.05, 4.69) is 15.6 Å². The fraction of sp³-hybridized carbons (Fsp3) is 0.182. The van der Waals surface area contributed by atoms with Crippen molar-refractivity contribution in [1.82, 2.24) is 14.9 Å². The number of aryl methyl sites for hydroxylation is 1. The molecule has 1 aliphatic heterocycles. The minimum atomic E-state index is -0.471. The second-order valence-electron chi connectivity index (χ2n) is 7.12. The first-order valence-corrected chi connectivity index (χ1v) is 9.86. The number of amides is 1. The summed E-state index contributed by atoms with van der Waals surface area (Å²) in [5, 5.41) is 11.0. The molecule has 5 rings (SSSR count). The van der Waals surface area contributed by atoms with E-state index in [4.69, 9.17) is 18.4 Å². The molecular formula is C22H18N4O6. The quantitative estimate of drug-likeness (QED) is 0.509. The van der Waals surface area contributed by atoms with E-state index < -0.39 is 11.5 Å². The van der Waals surface area contributed by atoms with Gasteiger partial charge in [-0.05, 0) is 31.2 Å². The first kappa shape index (κ1) is 19.6. The first-order valence-electron chi connectivity index (χ1n) is 9.86. The smallest absolute Gasteiger partial charge is 0.268 e. The van der Waals surface area contributed by atoms with Crippen LogP contribution in [0.2, 0.25) is 0 Å². The number of furan rings is 1. The van der Waals surface area contributed by atoms with Gasteiger partial charge < -0.3 is 23.7 Å². The third-order valence-corrected chi connectivity index (χ3v) is 4.77. The molecule has 0 bridgehead atoms. The summed E-state index contributed by atoms with van der Waals surface area (Å²) in [6.07, 6.45) is 1.50. The van der Waals surface area contributed by atoms with Gasteiger partial charge in [0.15, 0.2) is 23.0 Å². The Balaban J connectivity index is 1.43. The summed E-state index contributed by atoms with van der Waals surface area (Å²) in [5.41, 5.74) is 1.49. The number of anilines is 1. The van der Waals surface area contributed by atoms with E-state index in [0.29, 0.717) is 58.9 Å². The lowest BCUT2D eigenvalue weighted by Gasteiger charge is -2.19. The summed E-state index contributed by atoms with van der Waals surface area (Å²) < 4.78 is 22.9. The van der Waals surface area contributed by atoms with Gasteiger partial charge in [0.2, 0.25) is 5.91 Å². The third-order valence-electron chi connectivity index (χ3n) is 4.77. The van der Waals surface area contributed by atoms with Crippen molar-refractivity contribution < 1.29 is 23.2 Å². The molecule has 4 heterocycles. The van der Waals surface area contributed by atoms with Gasteiger partial charge in [0.1, 0.15) is 25.5 Å². The maximum Gasteiger partial charge on any atom is 0.268 e.